The second-order valence-electron chi connectivity index (χ2n) is 4.28. The largest absolute Gasteiger partial charge is 0.493 e. The molecular weight excluding hydrogens is 264 g/mol. The van der Waals surface area contributed by atoms with Gasteiger partial charge in [-0.2, -0.15) is 0 Å². The Morgan fingerprint density at radius 1 is 1.42 bits per heavy atom. The van der Waals surface area contributed by atoms with Crippen LogP contribution in [0.3, 0.4) is 0 Å². The number of hydrogen-bond acceptors (Lipinski definition) is 6. The summed E-state index contributed by atoms with van der Waals surface area (Å²) >= 11 is 1.55. The van der Waals surface area contributed by atoms with Gasteiger partial charge in [-0.1, -0.05) is 0 Å². The first-order valence-corrected chi connectivity index (χ1v) is 6.76. The van der Waals surface area contributed by atoms with E-state index in [4.69, 9.17) is 19.9 Å². The van der Waals surface area contributed by atoms with E-state index in [1.807, 2.05) is 24.4 Å². The molecule has 0 radical (unpaired) electrons. The van der Waals surface area contributed by atoms with Gasteiger partial charge in [-0.3, -0.25) is 0 Å². The van der Waals surface area contributed by atoms with Crippen molar-refractivity contribution >= 4 is 11.3 Å². The zero-order valence-electron chi connectivity index (χ0n) is 10.7. The van der Waals surface area contributed by atoms with Crippen molar-refractivity contribution in [2.45, 2.75) is 13.0 Å². The molecule has 6 heteroatoms. The minimum Gasteiger partial charge on any atom is -0.493 e. The maximum Gasteiger partial charge on any atom is 0.231 e. The fourth-order valence-electron chi connectivity index (χ4n) is 1.88. The maximum absolute atomic E-state index is 5.83. The van der Waals surface area contributed by atoms with Crippen LogP contribution < -0.4 is 19.9 Å². The third-order valence-electron chi connectivity index (χ3n) is 2.89. The van der Waals surface area contributed by atoms with E-state index in [2.05, 4.69) is 4.98 Å². The first-order valence-electron chi connectivity index (χ1n) is 5.88. The highest BCUT2D eigenvalue weighted by Crippen LogP contribution is 2.44. The molecule has 0 aliphatic carbocycles. The van der Waals surface area contributed by atoms with E-state index in [1.54, 1.807) is 18.4 Å². The molecule has 1 aliphatic heterocycles. The monoisotopic (exact) mass is 278 g/mol. The van der Waals surface area contributed by atoms with Gasteiger partial charge in [0.1, 0.15) is 5.01 Å². The lowest BCUT2D eigenvalue weighted by molar-refractivity contribution is 0.171. The summed E-state index contributed by atoms with van der Waals surface area (Å²) in [5.41, 5.74) is 7.65. The Hall–Kier alpha value is -1.79. The average molecular weight is 278 g/mol. The van der Waals surface area contributed by atoms with Crippen LogP contribution in [0.1, 0.15) is 18.7 Å². The SMILES string of the molecule is COc1cc(-c2nc(C(C)N)cs2)cc2c1OCO2. The zero-order valence-corrected chi connectivity index (χ0v) is 11.5. The van der Waals surface area contributed by atoms with E-state index in [0.29, 0.717) is 17.2 Å². The first kappa shape index (κ1) is 12.3. The van der Waals surface area contributed by atoms with Gasteiger partial charge >= 0.3 is 0 Å². The normalized spacial score (nSPS) is 14.5. The van der Waals surface area contributed by atoms with Crippen LogP contribution in [-0.2, 0) is 0 Å². The summed E-state index contributed by atoms with van der Waals surface area (Å²) in [6, 6.07) is 3.74. The molecule has 2 N–H and O–H groups in total. The van der Waals surface area contributed by atoms with Crippen LogP contribution in [0, 0.1) is 0 Å². The predicted octanol–water partition coefficient (Wildman–Crippen LogP) is 2.57. The third-order valence-corrected chi connectivity index (χ3v) is 3.80. The summed E-state index contributed by atoms with van der Waals surface area (Å²) in [6.07, 6.45) is 0. The molecule has 0 saturated carbocycles. The van der Waals surface area contributed by atoms with Crippen LogP contribution in [0.15, 0.2) is 17.5 Å². The van der Waals surface area contributed by atoms with Crippen molar-refractivity contribution in [2.75, 3.05) is 13.9 Å². The minimum absolute atomic E-state index is 0.0686. The highest BCUT2D eigenvalue weighted by atomic mass is 32.1. The van der Waals surface area contributed by atoms with Crippen molar-refractivity contribution in [3.63, 3.8) is 0 Å². The van der Waals surface area contributed by atoms with Crippen LogP contribution in [0.25, 0.3) is 10.6 Å². The Balaban J connectivity index is 2.05. The fourth-order valence-corrected chi connectivity index (χ4v) is 2.79. The molecule has 5 nitrogen and oxygen atoms in total. The van der Waals surface area contributed by atoms with Gasteiger partial charge in [0.05, 0.1) is 12.8 Å². The van der Waals surface area contributed by atoms with E-state index in [0.717, 1.165) is 16.3 Å². The molecule has 1 aliphatic rings. The van der Waals surface area contributed by atoms with Crippen molar-refractivity contribution in [3.8, 4) is 27.8 Å². The Morgan fingerprint density at radius 2 is 2.26 bits per heavy atom. The van der Waals surface area contributed by atoms with Gasteiger partial charge < -0.3 is 19.9 Å². The lowest BCUT2D eigenvalue weighted by Gasteiger charge is -2.06. The van der Waals surface area contributed by atoms with E-state index in [1.165, 1.54) is 0 Å². The molecule has 2 heterocycles. The average Bonchev–Trinajstić information content (AvgIpc) is 3.05. The van der Waals surface area contributed by atoms with Gasteiger partial charge in [0.15, 0.2) is 11.5 Å². The summed E-state index contributed by atoms with van der Waals surface area (Å²) < 4.78 is 16.1. The molecule has 2 aromatic rings. The lowest BCUT2D eigenvalue weighted by atomic mass is 10.2. The zero-order chi connectivity index (χ0) is 13.4. The highest BCUT2D eigenvalue weighted by molar-refractivity contribution is 7.13. The molecular formula is C13H14N2O3S. The van der Waals surface area contributed by atoms with Crippen LogP contribution >= 0.6 is 11.3 Å². The van der Waals surface area contributed by atoms with Crippen LogP contribution in [-0.4, -0.2) is 18.9 Å². The number of nitrogens with two attached hydrogens (primary N) is 1. The summed E-state index contributed by atoms with van der Waals surface area (Å²) in [5, 5.41) is 2.86. The Morgan fingerprint density at radius 3 is 2.95 bits per heavy atom. The molecule has 100 valence electrons. The molecule has 0 amide bonds. The van der Waals surface area contributed by atoms with Gasteiger partial charge in [-0.15, -0.1) is 11.3 Å². The van der Waals surface area contributed by atoms with Crippen molar-refractivity contribution < 1.29 is 14.2 Å². The van der Waals surface area contributed by atoms with Crippen molar-refractivity contribution in [3.05, 3.63) is 23.2 Å². The number of nitrogens with zero attached hydrogens (tertiary/aromatic N) is 1. The molecule has 3 rings (SSSR count). The Labute approximate surface area is 114 Å². The van der Waals surface area contributed by atoms with Crippen LogP contribution in [0.2, 0.25) is 0 Å². The smallest absolute Gasteiger partial charge is 0.231 e. The molecule has 19 heavy (non-hydrogen) atoms. The standard InChI is InChI=1S/C13H14N2O3S/c1-7(14)9-5-19-13(15-9)8-3-10(16-2)12-11(4-8)17-6-18-12/h3-5,7H,6,14H2,1-2H3. The molecule has 0 fully saturated rings. The second kappa shape index (κ2) is 4.71. The summed E-state index contributed by atoms with van der Waals surface area (Å²) in [5.74, 6) is 1.99. The topological polar surface area (TPSA) is 66.6 Å². The number of ether oxygens (including phenoxy) is 3. The first-order chi connectivity index (χ1) is 9.19. The number of rotatable bonds is 3. The maximum atomic E-state index is 5.83. The minimum atomic E-state index is -0.0686. The molecule has 0 bridgehead atoms. The molecule has 1 aromatic heterocycles. The van der Waals surface area contributed by atoms with Gasteiger partial charge in [0.25, 0.3) is 0 Å². The summed E-state index contributed by atoms with van der Waals surface area (Å²) in [7, 11) is 1.61. The van der Waals surface area contributed by atoms with E-state index < -0.39 is 0 Å². The van der Waals surface area contributed by atoms with E-state index >= 15 is 0 Å². The van der Waals surface area contributed by atoms with Crippen LogP contribution in [0.5, 0.6) is 17.2 Å². The van der Waals surface area contributed by atoms with Gasteiger partial charge in [-0.05, 0) is 19.1 Å². The van der Waals surface area contributed by atoms with E-state index in [9.17, 15) is 0 Å². The molecule has 1 atom stereocenters. The number of methoxy groups -OCH3 is 1. The van der Waals surface area contributed by atoms with Crippen molar-refractivity contribution in [1.82, 2.24) is 4.98 Å². The number of hydrogen-bond donors (Lipinski definition) is 1. The fraction of sp³-hybridized carbons (Fsp3) is 0.308. The van der Waals surface area contributed by atoms with Crippen LogP contribution in [0.4, 0.5) is 0 Å². The second-order valence-corrected chi connectivity index (χ2v) is 5.14. The molecule has 0 spiro atoms. The number of fused-ring (bicyclic) bond motifs is 1. The quantitative estimate of drug-likeness (QED) is 0.934. The van der Waals surface area contributed by atoms with Gasteiger partial charge in [-0.25, -0.2) is 4.98 Å². The number of benzene rings is 1. The molecule has 0 saturated heterocycles. The van der Waals surface area contributed by atoms with E-state index in [-0.39, 0.29) is 12.8 Å². The number of thiazole rings is 1. The number of aromatic nitrogens is 1. The highest BCUT2D eigenvalue weighted by Gasteiger charge is 2.21. The Bertz CT molecular complexity index is 610. The van der Waals surface area contributed by atoms with Gasteiger partial charge in [0, 0.05) is 17.0 Å². The third kappa shape index (κ3) is 2.13. The van der Waals surface area contributed by atoms with Gasteiger partial charge in [0.2, 0.25) is 12.5 Å². The summed E-state index contributed by atoms with van der Waals surface area (Å²) in [6.45, 7) is 2.14. The molecule has 1 aromatic carbocycles. The lowest BCUT2D eigenvalue weighted by Crippen LogP contribution is -2.04. The molecule has 1 unspecified atom stereocenters. The van der Waals surface area contributed by atoms with Crippen molar-refractivity contribution in [1.29, 1.82) is 0 Å². The predicted molar refractivity (Wildman–Crippen MR) is 72.8 cm³/mol. The van der Waals surface area contributed by atoms with Crippen molar-refractivity contribution in [2.24, 2.45) is 5.73 Å². The summed E-state index contributed by atoms with van der Waals surface area (Å²) in [4.78, 5) is 4.52. The Kier molecular flexibility index (Phi) is 3.04.